The summed E-state index contributed by atoms with van der Waals surface area (Å²) in [5.74, 6) is 0.997. The van der Waals surface area contributed by atoms with Crippen molar-refractivity contribution < 1.29 is 9.53 Å². The van der Waals surface area contributed by atoms with Crippen molar-refractivity contribution in [2.45, 2.75) is 31.7 Å². The Labute approximate surface area is 95.8 Å². The van der Waals surface area contributed by atoms with Gasteiger partial charge < -0.3 is 10.1 Å². The van der Waals surface area contributed by atoms with E-state index in [1.807, 2.05) is 24.3 Å². The van der Waals surface area contributed by atoms with Gasteiger partial charge in [-0.2, -0.15) is 0 Å². The maximum absolute atomic E-state index is 11.4. The van der Waals surface area contributed by atoms with Crippen LogP contribution < -0.4 is 10.1 Å². The molecule has 1 amide bonds. The lowest BCUT2D eigenvalue weighted by atomic mass is 9.86. The predicted octanol–water partition coefficient (Wildman–Crippen LogP) is 2.21. The van der Waals surface area contributed by atoms with E-state index in [0.717, 1.165) is 18.6 Å². The summed E-state index contributed by atoms with van der Waals surface area (Å²) in [6, 6.07) is 7.95. The van der Waals surface area contributed by atoms with Crippen molar-refractivity contribution in [3.05, 3.63) is 29.8 Å². The average Bonchev–Trinajstić information content (AvgIpc) is 2.72. The Kier molecular flexibility index (Phi) is 2.86. The van der Waals surface area contributed by atoms with Crippen molar-refractivity contribution in [3.8, 4) is 5.75 Å². The summed E-state index contributed by atoms with van der Waals surface area (Å²) in [7, 11) is 1.65. The minimum atomic E-state index is -0.163. The zero-order chi connectivity index (χ0) is 11.6. The first-order valence-corrected chi connectivity index (χ1v) is 5.66. The maximum Gasteiger partial charge on any atom is 0.220 e. The predicted molar refractivity (Wildman–Crippen MR) is 62.3 cm³/mol. The highest BCUT2D eigenvalue weighted by atomic mass is 16.5. The molecule has 0 aromatic heterocycles. The fourth-order valence-corrected chi connectivity index (χ4v) is 2.31. The molecule has 3 nitrogen and oxygen atoms in total. The number of benzene rings is 1. The third kappa shape index (κ3) is 1.77. The monoisotopic (exact) mass is 219 g/mol. The second-order valence-corrected chi connectivity index (χ2v) is 4.21. The van der Waals surface area contributed by atoms with Gasteiger partial charge in [-0.15, -0.1) is 0 Å². The van der Waals surface area contributed by atoms with Gasteiger partial charge >= 0.3 is 0 Å². The number of carbonyl (C=O) groups is 1. The second-order valence-electron chi connectivity index (χ2n) is 4.21. The highest BCUT2D eigenvalue weighted by Crippen LogP contribution is 2.35. The van der Waals surface area contributed by atoms with Gasteiger partial charge in [0.25, 0.3) is 0 Å². The van der Waals surface area contributed by atoms with E-state index < -0.39 is 0 Å². The van der Waals surface area contributed by atoms with Crippen LogP contribution in [0.3, 0.4) is 0 Å². The highest BCUT2D eigenvalue weighted by molar-refractivity contribution is 5.79. The molecule has 0 spiro atoms. The van der Waals surface area contributed by atoms with Gasteiger partial charge in [0.1, 0.15) is 5.75 Å². The molecule has 1 aliphatic heterocycles. The molecule has 1 saturated heterocycles. The minimum Gasteiger partial charge on any atom is -0.497 e. The summed E-state index contributed by atoms with van der Waals surface area (Å²) in [6.07, 6.45) is 2.43. The molecule has 16 heavy (non-hydrogen) atoms. The molecule has 1 aromatic carbocycles. The number of amides is 1. The first kappa shape index (κ1) is 11.0. The number of ether oxygens (including phenoxy) is 1. The molecule has 86 valence electrons. The van der Waals surface area contributed by atoms with Gasteiger partial charge in [0.15, 0.2) is 0 Å². The lowest BCUT2D eigenvalue weighted by Crippen LogP contribution is -2.38. The first-order valence-electron chi connectivity index (χ1n) is 5.66. The lowest BCUT2D eigenvalue weighted by molar-refractivity contribution is -0.119. The molecule has 1 aromatic rings. The van der Waals surface area contributed by atoms with Crippen LogP contribution >= 0.6 is 0 Å². The molecular formula is C13H17NO2. The average molecular weight is 219 g/mol. The van der Waals surface area contributed by atoms with Gasteiger partial charge in [0, 0.05) is 6.42 Å². The summed E-state index contributed by atoms with van der Waals surface area (Å²) in [4.78, 5) is 11.4. The fourth-order valence-electron chi connectivity index (χ4n) is 2.31. The topological polar surface area (TPSA) is 38.3 Å². The quantitative estimate of drug-likeness (QED) is 0.846. The van der Waals surface area contributed by atoms with E-state index in [1.54, 1.807) is 7.11 Å². The number of hydrogen-bond acceptors (Lipinski definition) is 2. The molecule has 1 heterocycles. The fraction of sp³-hybridized carbons (Fsp3) is 0.462. The highest BCUT2D eigenvalue weighted by Gasteiger charge is 2.37. The molecule has 1 atom stereocenters. The molecular weight excluding hydrogens is 202 g/mol. The Bertz CT molecular complexity index is 385. The van der Waals surface area contributed by atoms with E-state index in [4.69, 9.17) is 4.74 Å². The maximum atomic E-state index is 11.4. The zero-order valence-electron chi connectivity index (χ0n) is 9.75. The second kappa shape index (κ2) is 4.16. The van der Waals surface area contributed by atoms with Crippen molar-refractivity contribution >= 4 is 5.91 Å². The van der Waals surface area contributed by atoms with Crippen molar-refractivity contribution in [1.29, 1.82) is 0 Å². The molecule has 3 heteroatoms. The molecule has 1 fully saturated rings. The summed E-state index contributed by atoms with van der Waals surface area (Å²) < 4.78 is 5.13. The van der Waals surface area contributed by atoms with Crippen LogP contribution in [0.25, 0.3) is 0 Å². The number of hydrogen-bond donors (Lipinski definition) is 1. The third-order valence-electron chi connectivity index (χ3n) is 3.40. The van der Waals surface area contributed by atoms with Crippen LogP contribution in [0.15, 0.2) is 24.3 Å². The number of carbonyl (C=O) groups excluding carboxylic acids is 1. The summed E-state index contributed by atoms with van der Waals surface area (Å²) in [5, 5.41) is 3.09. The smallest absolute Gasteiger partial charge is 0.220 e. The van der Waals surface area contributed by atoms with Gasteiger partial charge in [0.2, 0.25) is 5.91 Å². The van der Waals surface area contributed by atoms with Crippen LogP contribution in [0.5, 0.6) is 5.75 Å². The third-order valence-corrected chi connectivity index (χ3v) is 3.40. The van der Waals surface area contributed by atoms with Gasteiger partial charge in [-0.25, -0.2) is 0 Å². The van der Waals surface area contributed by atoms with E-state index in [0.29, 0.717) is 6.42 Å². The van der Waals surface area contributed by atoms with Gasteiger partial charge in [-0.3, -0.25) is 4.79 Å². The molecule has 2 rings (SSSR count). The van der Waals surface area contributed by atoms with Crippen molar-refractivity contribution in [1.82, 2.24) is 5.32 Å². The Balaban J connectivity index is 2.30. The molecule has 0 aliphatic carbocycles. The van der Waals surface area contributed by atoms with E-state index in [2.05, 4.69) is 12.2 Å². The summed E-state index contributed by atoms with van der Waals surface area (Å²) >= 11 is 0. The molecule has 1 aliphatic rings. The molecule has 1 unspecified atom stereocenters. The number of nitrogens with one attached hydrogen (secondary N) is 1. The lowest BCUT2D eigenvalue weighted by Gasteiger charge is -2.28. The Morgan fingerprint density at radius 2 is 2.06 bits per heavy atom. The van der Waals surface area contributed by atoms with E-state index >= 15 is 0 Å². The van der Waals surface area contributed by atoms with Gasteiger partial charge in [-0.05, 0) is 30.5 Å². The van der Waals surface area contributed by atoms with E-state index in [-0.39, 0.29) is 11.4 Å². The normalized spacial score (nSPS) is 24.2. The van der Waals surface area contributed by atoms with Crippen LogP contribution in [0.2, 0.25) is 0 Å². The Morgan fingerprint density at radius 3 is 2.50 bits per heavy atom. The number of rotatable bonds is 3. The summed E-state index contributed by atoms with van der Waals surface area (Å²) in [5.41, 5.74) is 1.00. The van der Waals surface area contributed by atoms with Crippen LogP contribution in [-0.2, 0) is 10.3 Å². The molecule has 0 radical (unpaired) electrons. The van der Waals surface area contributed by atoms with E-state index in [9.17, 15) is 4.79 Å². The molecule has 0 bridgehead atoms. The van der Waals surface area contributed by atoms with Gasteiger partial charge in [-0.1, -0.05) is 19.1 Å². The SMILES string of the molecule is CCC1(c2ccc(OC)cc2)CCC(=O)N1. The largest absolute Gasteiger partial charge is 0.497 e. The zero-order valence-corrected chi connectivity index (χ0v) is 9.75. The molecule has 1 N–H and O–H groups in total. The van der Waals surface area contributed by atoms with Crippen LogP contribution in [-0.4, -0.2) is 13.0 Å². The minimum absolute atomic E-state index is 0.151. The van der Waals surface area contributed by atoms with Crippen LogP contribution in [0.1, 0.15) is 31.7 Å². The van der Waals surface area contributed by atoms with Crippen molar-refractivity contribution in [2.24, 2.45) is 0 Å². The van der Waals surface area contributed by atoms with Gasteiger partial charge in [0.05, 0.1) is 12.6 Å². The first-order chi connectivity index (χ1) is 7.70. The Hall–Kier alpha value is -1.51. The standard InChI is InChI=1S/C13H17NO2/c1-3-13(9-8-12(15)14-13)10-4-6-11(16-2)7-5-10/h4-7H,3,8-9H2,1-2H3,(H,14,15). The number of methoxy groups -OCH3 is 1. The summed E-state index contributed by atoms with van der Waals surface area (Å²) in [6.45, 7) is 2.11. The molecule has 0 saturated carbocycles. The van der Waals surface area contributed by atoms with Crippen molar-refractivity contribution in [3.63, 3.8) is 0 Å². The van der Waals surface area contributed by atoms with E-state index in [1.165, 1.54) is 5.56 Å². The Morgan fingerprint density at radius 1 is 1.38 bits per heavy atom. The van der Waals surface area contributed by atoms with Crippen LogP contribution in [0.4, 0.5) is 0 Å². The van der Waals surface area contributed by atoms with Crippen LogP contribution in [0, 0.1) is 0 Å². The van der Waals surface area contributed by atoms with Crippen molar-refractivity contribution in [2.75, 3.05) is 7.11 Å².